The Kier molecular flexibility index (Phi) is 5.15. The maximum Gasteiger partial charge on any atom is 0.412 e. The molecule has 2 fully saturated rings. The Morgan fingerprint density at radius 3 is 2.88 bits per heavy atom. The minimum Gasteiger partial charge on any atom is -0.465 e. The number of anilines is 1. The first kappa shape index (κ1) is 21.9. The number of imidazole rings is 1. The van der Waals surface area contributed by atoms with Gasteiger partial charge in [-0.3, -0.25) is 9.58 Å². The van der Waals surface area contributed by atoms with Crippen molar-refractivity contribution in [2.45, 2.75) is 70.5 Å². The van der Waals surface area contributed by atoms with Crippen molar-refractivity contribution in [3.05, 3.63) is 40.9 Å². The predicted molar refractivity (Wildman–Crippen MR) is 132 cm³/mol. The molecule has 1 saturated carbocycles. The first-order valence-electron chi connectivity index (χ1n) is 12.3. The predicted octanol–water partition coefficient (Wildman–Crippen LogP) is 4.82. The number of carboxylic acid groups (broad SMARTS) is 1. The van der Waals surface area contributed by atoms with Crippen molar-refractivity contribution < 1.29 is 9.90 Å². The van der Waals surface area contributed by atoms with Crippen LogP contribution >= 0.6 is 11.6 Å². The van der Waals surface area contributed by atoms with Crippen LogP contribution in [0.25, 0.3) is 11.0 Å². The number of amides is 1. The molecule has 1 aromatic carbocycles. The molecule has 9 heteroatoms. The Morgan fingerprint density at radius 1 is 1.38 bits per heavy atom. The summed E-state index contributed by atoms with van der Waals surface area (Å²) in [5.74, 6) is 1.19. The molecule has 0 radical (unpaired) electrons. The number of aryl methyl sites for hydroxylation is 1. The highest BCUT2D eigenvalue weighted by molar-refractivity contribution is 6.30. The van der Waals surface area contributed by atoms with E-state index in [2.05, 4.69) is 28.0 Å². The molecule has 180 valence electrons. The molecule has 8 nitrogen and oxygen atoms in total. The van der Waals surface area contributed by atoms with E-state index in [9.17, 15) is 9.90 Å². The lowest BCUT2D eigenvalue weighted by Crippen LogP contribution is -2.41. The van der Waals surface area contributed by atoms with Crippen molar-refractivity contribution in [3.63, 3.8) is 0 Å². The van der Waals surface area contributed by atoms with Gasteiger partial charge < -0.3 is 15.0 Å². The number of hydrogen-bond acceptors (Lipinski definition) is 4. The Bertz CT molecular complexity index is 1250. The number of aromatic nitrogens is 4. The topological polar surface area (TPSA) is 88.2 Å². The van der Waals surface area contributed by atoms with Gasteiger partial charge in [-0.2, -0.15) is 5.10 Å². The SMILES string of the molecule is C[C@@H](Cn1cc(Cl)cn1)c1nc2c3c(ccc2n1C1CC2(CCNC2)C1)N(C(=O)O)[C@@H](C)CC3. The monoisotopic (exact) mass is 482 g/mol. The number of nitrogens with one attached hydrogen (secondary N) is 1. The molecule has 2 aliphatic heterocycles. The molecule has 3 aliphatic rings. The first-order valence-corrected chi connectivity index (χ1v) is 12.7. The molecule has 1 aliphatic carbocycles. The van der Waals surface area contributed by atoms with Crippen LogP contribution in [0.5, 0.6) is 0 Å². The fourth-order valence-electron chi connectivity index (χ4n) is 6.51. The van der Waals surface area contributed by atoms with Crippen molar-refractivity contribution in [3.8, 4) is 0 Å². The van der Waals surface area contributed by atoms with Gasteiger partial charge in [0.15, 0.2) is 0 Å². The maximum absolute atomic E-state index is 12.0. The third kappa shape index (κ3) is 3.41. The van der Waals surface area contributed by atoms with Gasteiger partial charge in [0.05, 0.1) is 34.5 Å². The summed E-state index contributed by atoms with van der Waals surface area (Å²) in [6, 6.07) is 4.47. The third-order valence-corrected chi connectivity index (χ3v) is 8.42. The van der Waals surface area contributed by atoms with Crippen molar-refractivity contribution in [1.29, 1.82) is 0 Å². The lowest BCUT2D eigenvalue weighted by molar-refractivity contribution is 0.0838. The summed E-state index contributed by atoms with van der Waals surface area (Å²) >= 11 is 6.10. The summed E-state index contributed by atoms with van der Waals surface area (Å²) in [7, 11) is 0. The van der Waals surface area contributed by atoms with Gasteiger partial charge in [-0.25, -0.2) is 9.78 Å². The average Bonchev–Trinajstić information content (AvgIpc) is 3.50. The highest BCUT2D eigenvalue weighted by atomic mass is 35.5. The Labute approximate surface area is 203 Å². The molecule has 2 aromatic heterocycles. The zero-order chi connectivity index (χ0) is 23.6. The van der Waals surface area contributed by atoms with Gasteiger partial charge in [0.2, 0.25) is 0 Å². The quantitative estimate of drug-likeness (QED) is 0.556. The van der Waals surface area contributed by atoms with Crippen LogP contribution in [0.3, 0.4) is 0 Å². The second-order valence-corrected chi connectivity index (χ2v) is 11.0. The van der Waals surface area contributed by atoms with Crippen LogP contribution in [0.4, 0.5) is 10.5 Å². The van der Waals surface area contributed by atoms with Gasteiger partial charge >= 0.3 is 6.09 Å². The molecule has 1 amide bonds. The third-order valence-electron chi connectivity index (χ3n) is 8.23. The maximum atomic E-state index is 12.0. The smallest absolute Gasteiger partial charge is 0.412 e. The number of benzene rings is 1. The first-order chi connectivity index (χ1) is 16.3. The van der Waals surface area contributed by atoms with Crippen LogP contribution in [-0.2, 0) is 13.0 Å². The standard InChI is InChI=1S/C25H31ClN6O2/c1-15(12-30-13-17(26)11-28-30)23-29-22-19-4-3-16(2)31(24(33)34)20(19)5-6-21(22)32(23)18-9-25(10-18)7-8-27-14-25/h5-6,11,13,15-16,18,27H,3-4,7-10,12,14H2,1-2H3,(H,33,34)/t15-,16-,18?,25?/m0/s1. The van der Waals surface area contributed by atoms with E-state index < -0.39 is 6.09 Å². The second-order valence-electron chi connectivity index (χ2n) is 10.6. The fourth-order valence-corrected chi connectivity index (χ4v) is 6.66. The van der Waals surface area contributed by atoms with E-state index in [1.54, 1.807) is 6.20 Å². The van der Waals surface area contributed by atoms with Crippen molar-refractivity contribution in [2.24, 2.45) is 5.41 Å². The number of hydrogen-bond donors (Lipinski definition) is 2. The molecule has 34 heavy (non-hydrogen) atoms. The molecule has 3 aromatic rings. The van der Waals surface area contributed by atoms with E-state index in [1.807, 2.05) is 23.9 Å². The number of carbonyl (C=O) groups is 1. The summed E-state index contributed by atoms with van der Waals surface area (Å²) in [6.45, 7) is 7.07. The molecule has 0 unspecified atom stereocenters. The Morgan fingerprint density at radius 2 is 2.21 bits per heavy atom. The minimum absolute atomic E-state index is 0.0335. The lowest BCUT2D eigenvalue weighted by atomic mass is 9.64. The van der Waals surface area contributed by atoms with E-state index in [0.29, 0.717) is 23.0 Å². The summed E-state index contributed by atoms with van der Waals surface area (Å²) in [5.41, 5.74) is 4.35. The fraction of sp³-hybridized carbons (Fsp3) is 0.560. The largest absolute Gasteiger partial charge is 0.465 e. The second kappa shape index (κ2) is 7.99. The minimum atomic E-state index is -0.897. The van der Waals surface area contributed by atoms with Gasteiger partial charge in [0.25, 0.3) is 0 Å². The summed E-state index contributed by atoms with van der Waals surface area (Å²) in [6.07, 6.45) is 7.83. The summed E-state index contributed by atoms with van der Waals surface area (Å²) < 4.78 is 4.33. The number of rotatable bonds is 4. The van der Waals surface area contributed by atoms with Crippen LogP contribution in [-0.4, -0.2) is 49.7 Å². The summed E-state index contributed by atoms with van der Waals surface area (Å²) in [5, 5.41) is 18.4. The van der Waals surface area contributed by atoms with E-state index in [1.165, 1.54) is 11.3 Å². The zero-order valence-electron chi connectivity index (χ0n) is 19.7. The molecule has 2 N–H and O–H groups in total. The molecule has 0 bridgehead atoms. The van der Waals surface area contributed by atoms with Crippen molar-refractivity contribution in [2.75, 3.05) is 18.0 Å². The number of nitrogens with zero attached hydrogens (tertiary/aromatic N) is 5. The summed E-state index contributed by atoms with van der Waals surface area (Å²) in [4.78, 5) is 18.8. The van der Waals surface area contributed by atoms with Gasteiger partial charge in [-0.05, 0) is 63.1 Å². The van der Waals surface area contributed by atoms with Crippen LogP contribution < -0.4 is 10.2 Å². The van der Waals surface area contributed by atoms with Crippen LogP contribution in [0.15, 0.2) is 24.5 Å². The molecule has 4 heterocycles. The van der Waals surface area contributed by atoms with Gasteiger partial charge in [-0.15, -0.1) is 0 Å². The molecule has 2 atom stereocenters. The Balaban J connectivity index is 1.44. The number of halogens is 1. The zero-order valence-corrected chi connectivity index (χ0v) is 20.4. The van der Waals surface area contributed by atoms with Gasteiger partial charge in [0, 0.05) is 36.3 Å². The van der Waals surface area contributed by atoms with E-state index in [4.69, 9.17) is 16.6 Å². The van der Waals surface area contributed by atoms with Crippen LogP contribution in [0.2, 0.25) is 5.02 Å². The van der Waals surface area contributed by atoms with Crippen LogP contribution in [0.1, 0.15) is 62.9 Å². The van der Waals surface area contributed by atoms with E-state index >= 15 is 0 Å². The molecular weight excluding hydrogens is 452 g/mol. The molecule has 6 rings (SSSR count). The van der Waals surface area contributed by atoms with Crippen molar-refractivity contribution in [1.82, 2.24) is 24.6 Å². The van der Waals surface area contributed by atoms with Gasteiger partial charge in [-0.1, -0.05) is 18.5 Å². The highest BCUT2D eigenvalue weighted by Crippen LogP contribution is 2.54. The van der Waals surface area contributed by atoms with Crippen molar-refractivity contribution >= 4 is 34.4 Å². The highest BCUT2D eigenvalue weighted by Gasteiger charge is 2.48. The van der Waals surface area contributed by atoms with E-state index in [-0.39, 0.29) is 12.0 Å². The van der Waals surface area contributed by atoms with E-state index in [0.717, 1.165) is 66.9 Å². The molecular formula is C25H31ClN6O2. The number of fused-ring (bicyclic) bond motifs is 3. The van der Waals surface area contributed by atoms with Crippen LogP contribution in [0, 0.1) is 5.41 Å². The Hall–Kier alpha value is -2.58. The normalized spacial score (nSPS) is 27.2. The van der Waals surface area contributed by atoms with Gasteiger partial charge in [0.1, 0.15) is 5.82 Å². The lowest BCUT2D eigenvalue weighted by Gasteiger charge is -2.46. The average molecular weight is 483 g/mol. The molecule has 1 spiro atoms. The molecule has 1 saturated heterocycles.